The van der Waals surface area contributed by atoms with Gasteiger partial charge in [-0.05, 0) is 30.2 Å². The third-order valence-corrected chi connectivity index (χ3v) is 6.13. The van der Waals surface area contributed by atoms with E-state index in [1.165, 1.54) is 42.7 Å². The number of benzene rings is 1. The Morgan fingerprint density at radius 2 is 1.88 bits per heavy atom. The number of carboxylic acids is 1. The molecule has 0 spiro atoms. The average Bonchev–Trinajstić information content (AvgIpc) is 3.43. The molecule has 216 valence electrons. The first kappa shape index (κ1) is 29.7. The predicted molar refractivity (Wildman–Crippen MR) is 139 cm³/mol. The first-order valence-corrected chi connectivity index (χ1v) is 12.4. The molecule has 15 heteroatoms. The van der Waals surface area contributed by atoms with Gasteiger partial charge in [-0.15, -0.1) is 0 Å². The van der Waals surface area contributed by atoms with Crippen LogP contribution in [0.5, 0.6) is 11.6 Å². The van der Waals surface area contributed by atoms with Gasteiger partial charge >= 0.3 is 12.1 Å². The molecule has 1 aromatic carbocycles. The van der Waals surface area contributed by atoms with Gasteiger partial charge in [0, 0.05) is 31.6 Å². The number of aromatic carboxylic acids is 1. The van der Waals surface area contributed by atoms with Crippen LogP contribution < -0.4 is 9.64 Å². The van der Waals surface area contributed by atoms with Crippen LogP contribution in [0.1, 0.15) is 34.8 Å². The molecule has 4 rings (SSSR count). The second kappa shape index (κ2) is 12.5. The summed E-state index contributed by atoms with van der Waals surface area (Å²) in [5.41, 5.74) is -1.76. The monoisotopic (exact) mass is 594 g/mol. The summed E-state index contributed by atoms with van der Waals surface area (Å²) in [6.45, 7) is 1.83. The van der Waals surface area contributed by atoms with Crippen molar-refractivity contribution in [2.24, 2.45) is 0 Å². The van der Waals surface area contributed by atoms with Gasteiger partial charge in [-0.2, -0.15) is 28.2 Å². The van der Waals surface area contributed by atoms with E-state index in [0.29, 0.717) is 11.4 Å². The number of carbonyl (C=O) groups is 1. The van der Waals surface area contributed by atoms with Crippen LogP contribution in [0, 0.1) is 5.82 Å². The summed E-state index contributed by atoms with van der Waals surface area (Å²) < 4.78 is 67.8. The lowest BCUT2D eigenvalue weighted by Gasteiger charge is -2.33. The Balaban J connectivity index is 1.78. The van der Waals surface area contributed by atoms with Crippen molar-refractivity contribution in [2.45, 2.75) is 32.1 Å². The lowest BCUT2D eigenvalue weighted by Crippen LogP contribution is -2.36. The van der Waals surface area contributed by atoms with Crippen LogP contribution in [-0.4, -0.2) is 55.8 Å². The van der Waals surface area contributed by atoms with Gasteiger partial charge < -0.3 is 19.5 Å². The number of halogens is 5. The summed E-state index contributed by atoms with van der Waals surface area (Å²) in [4.78, 5) is 22.9. The number of anilines is 2. The molecule has 0 radical (unpaired) electrons. The van der Waals surface area contributed by atoms with Crippen molar-refractivity contribution in [3.63, 3.8) is 0 Å². The highest BCUT2D eigenvalue weighted by atomic mass is 35.5. The third kappa shape index (κ3) is 6.89. The van der Waals surface area contributed by atoms with Gasteiger partial charge in [-0.25, -0.2) is 19.2 Å². The van der Waals surface area contributed by atoms with Crippen LogP contribution in [0.4, 0.5) is 29.1 Å². The molecule has 4 aromatic rings. The van der Waals surface area contributed by atoms with Gasteiger partial charge in [0.05, 0.1) is 47.9 Å². The van der Waals surface area contributed by atoms with Crippen molar-refractivity contribution in [1.29, 1.82) is 0 Å². The Morgan fingerprint density at radius 3 is 2.46 bits per heavy atom. The fraction of sp³-hybridized carbons (Fsp3) is 0.269. The minimum atomic E-state index is -4.92. The summed E-state index contributed by atoms with van der Waals surface area (Å²) in [5, 5.41) is 18.0. The van der Waals surface area contributed by atoms with Crippen LogP contribution in [-0.2, 0) is 17.5 Å². The van der Waals surface area contributed by atoms with Crippen molar-refractivity contribution in [3.8, 4) is 11.6 Å². The molecule has 0 amide bonds. The van der Waals surface area contributed by atoms with Crippen molar-refractivity contribution >= 4 is 29.1 Å². The van der Waals surface area contributed by atoms with E-state index >= 15 is 4.39 Å². The Hall–Kier alpha value is -4.30. The molecule has 0 aliphatic carbocycles. The topological polar surface area (TPSA) is 115 Å². The number of nitrogens with zero attached hydrogens (tertiary/aromatic N) is 6. The van der Waals surface area contributed by atoms with E-state index in [0.717, 1.165) is 29.2 Å². The van der Waals surface area contributed by atoms with Gasteiger partial charge in [0.2, 0.25) is 5.88 Å². The van der Waals surface area contributed by atoms with E-state index < -0.39 is 46.8 Å². The zero-order valence-corrected chi connectivity index (χ0v) is 22.4. The lowest BCUT2D eigenvalue weighted by atomic mass is 10.1. The maximum atomic E-state index is 15.5. The molecule has 0 saturated heterocycles. The van der Waals surface area contributed by atoms with Crippen LogP contribution in [0.15, 0.2) is 55.1 Å². The first-order valence-electron chi connectivity index (χ1n) is 12.1. The lowest BCUT2D eigenvalue weighted by molar-refractivity contribution is -0.139. The molecule has 0 bridgehead atoms. The highest BCUT2D eigenvalue weighted by Gasteiger charge is 2.37. The van der Waals surface area contributed by atoms with E-state index in [1.807, 2.05) is 6.92 Å². The standard InChI is InChI=1S/C26H23ClF4N6O4/c1-3-17(14-40-2)37(23-5-4-16(27)12-32-23)21-10-20(28)22(9-18(21)25(38)39)41-24-19(26(29,30)31)8-15(11-33-24)13-36-34-6-7-35-36/h4-12,17H,3,13-14H2,1-2H3,(H,38,39)/t17-/m1/s1. The number of hydrogen-bond donors (Lipinski definition) is 1. The zero-order chi connectivity index (χ0) is 29.7. The number of ether oxygens (including phenoxy) is 2. The first-order chi connectivity index (χ1) is 19.5. The number of carboxylic acid groups (broad SMARTS) is 1. The SMILES string of the molecule is CC[C@H](COC)N(c1ccc(Cl)cn1)c1cc(F)c(Oc2ncc(Cn3nccn3)cc2C(F)(F)F)cc1C(=O)O. The van der Waals surface area contributed by atoms with Crippen LogP contribution in [0.3, 0.4) is 0 Å². The smallest absolute Gasteiger partial charge is 0.421 e. The molecule has 0 aliphatic rings. The molecule has 0 aliphatic heterocycles. The summed E-state index contributed by atoms with van der Waals surface area (Å²) in [6.07, 6.45) is 0.690. The average molecular weight is 595 g/mol. The molecule has 41 heavy (non-hydrogen) atoms. The largest absolute Gasteiger partial charge is 0.478 e. The van der Waals surface area contributed by atoms with Gasteiger partial charge in [0.1, 0.15) is 11.4 Å². The van der Waals surface area contributed by atoms with E-state index in [1.54, 1.807) is 0 Å². The second-order valence-electron chi connectivity index (χ2n) is 8.68. The Labute approximate surface area is 236 Å². The number of aromatic nitrogens is 5. The summed E-state index contributed by atoms with van der Waals surface area (Å²) >= 11 is 5.96. The Kier molecular flexibility index (Phi) is 9.03. The molecular formula is C26H23ClF4N6O4. The Morgan fingerprint density at radius 1 is 1.15 bits per heavy atom. The molecular weight excluding hydrogens is 572 g/mol. The highest BCUT2D eigenvalue weighted by molar-refractivity contribution is 6.30. The second-order valence-corrected chi connectivity index (χ2v) is 9.12. The van der Waals surface area contributed by atoms with E-state index in [-0.39, 0.29) is 30.2 Å². The molecule has 3 aromatic heterocycles. The minimum Gasteiger partial charge on any atom is -0.478 e. The van der Waals surface area contributed by atoms with Crippen molar-refractivity contribution in [3.05, 3.63) is 82.6 Å². The number of alkyl halides is 3. The van der Waals surface area contributed by atoms with Gasteiger partial charge in [0.15, 0.2) is 11.6 Å². The number of hydrogen-bond acceptors (Lipinski definition) is 8. The summed E-state index contributed by atoms with van der Waals surface area (Å²) in [6, 6.07) is 5.00. The van der Waals surface area contributed by atoms with Crippen molar-refractivity contribution in [2.75, 3.05) is 18.6 Å². The van der Waals surface area contributed by atoms with Crippen molar-refractivity contribution < 1.29 is 36.9 Å². The predicted octanol–water partition coefficient (Wildman–Crippen LogP) is 5.98. The molecule has 1 N–H and O–H groups in total. The zero-order valence-electron chi connectivity index (χ0n) is 21.6. The molecule has 0 saturated carbocycles. The van der Waals surface area contributed by atoms with Crippen LogP contribution in [0.25, 0.3) is 0 Å². The molecule has 10 nitrogen and oxygen atoms in total. The maximum Gasteiger partial charge on any atom is 0.421 e. The number of methoxy groups -OCH3 is 1. The summed E-state index contributed by atoms with van der Waals surface area (Å²) in [5.74, 6) is -4.09. The maximum absolute atomic E-state index is 15.5. The molecule has 3 heterocycles. The fourth-order valence-corrected chi connectivity index (χ4v) is 4.15. The minimum absolute atomic E-state index is 0.107. The molecule has 0 unspecified atom stereocenters. The third-order valence-electron chi connectivity index (χ3n) is 5.90. The fourth-order valence-electron chi connectivity index (χ4n) is 4.04. The van der Waals surface area contributed by atoms with Gasteiger partial charge in [-0.1, -0.05) is 18.5 Å². The normalized spacial score (nSPS) is 12.3. The number of pyridine rings is 2. The van der Waals surface area contributed by atoms with E-state index in [4.69, 9.17) is 21.1 Å². The number of rotatable bonds is 11. The quantitative estimate of drug-likeness (QED) is 0.209. The van der Waals surface area contributed by atoms with Gasteiger partial charge in [-0.3, -0.25) is 0 Å². The van der Waals surface area contributed by atoms with Crippen LogP contribution in [0.2, 0.25) is 5.02 Å². The highest BCUT2D eigenvalue weighted by Crippen LogP contribution is 2.40. The van der Waals surface area contributed by atoms with Gasteiger partial charge in [0.25, 0.3) is 0 Å². The Bertz CT molecular complexity index is 1500. The van der Waals surface area contributed by atoms with Crippen LogP contribution >= 0.6 is 11.6 Å². The van der Waals surface area contributed by atoms with Crippen molar-refractivity contribution in [1.82, 2.24) is 25.0 Å². The van der Waals surface area contributed by atoms with E-state index in [2.05, 4.69) is 20.2 Å². The summed E-state index contributed by atoms with van der Waals surface area (Å²) in [7, 11) is 1.45. The van der Waals surface area contributed by atoms with E-state index in [9.17, 15) is 23.1 Å². The molecule has 0 fully saturated rings. The molecule has 1 atom stereocenters.